The lowest BCUT2D eigenvalue weighted by Crippen LogP contribution is -2.33. The van der Waals surface area contributed by atoms with Crippen molar-refractivity contribution in [3.8, 4) is 0 Å². The van der Waals surface area contributed by atoms with Crippen molar-refractivity contribution in [2.45, 2.75) is 11.8 Å². The van der Waals surface area contributed by atoms with Crippen molar-refractivity contribution in [1.29, 1.82) is 0 Å². The number of benzene rings is 1. The Bertz CT molecular complexity index is 457. The van der Waals surface area contributed by atoms with Gasteiger partial charge in [-0.15, -0.1) is 0 Å². The molecule has 0 aliphatic rings. The first-order valence-corrected chi connectivity index (χ1v) is 6.66. The van der Waals surface area contributed by atoms with Gasteiger partial charge in [-0.25, -0.2) is 13.1 Å². The fraction of sp³-hybridized carbons (Fsp3) is 0.300. The molecule has 0 heterocycles. The predicted molar refractivity (Wildman–Crippen MR) is 67.6 cm³/mol. The first kappa shape index (κ1) is 13.1. The van der Waals surface area contributed by atoms with E-state index in [4.69, 9.17) is 18.0 Å². The van der Waals surface area contributed by atoms with Gasteiger partial charge in [0.05, 0.1) is 9.88 Å². The summed E-state index contributed by atoms with van der Waals surface area (Å²) in [6.07, 6.45) is 0. The minimum Gasteiger partial charge on any atom is -0.393 e. The Balaban J connectivity index is 2.71. The van der Waals surface area contributed by atoms with E-state index in [0.717, 1.165) is 0 Å². The highest BCUT2D eigenvalue weighted by atomic mass is 32.2. The Morgan fingerprint density at radius 2 is 2.00 bits per heavy atom. The third-order valence-electron chi connectivity index (χ3n) is 2.12. The molecule has 1 rings (SSSR count). The summed E-state index contributed by atoms with van der Waals surface area (Å²) < 4.78 is 26.0. The number of nitrogens with one attached hydrogen (secondary N) is 1. The number of nitrogens with two attached hydrogens (primary N) is 1. The molecular weight excluding hydrogens is 244 g/mol. The SMILES string of the molecule is CC(CNS(=O)(=O)c1ccccc1)C(N)=S. The number of sulfonamides is 1. The van der Waals surface area contributed by atoms with Gasteiger partial charge in [-0.2, -0.15) is 0 Å². The second-order valence-electron chi connectivity index (χ2n) is 3.47. The van der Waals surface area contributed by atoms with Crippen LogP contribution in [0.3, 0.4) is 0 Å². The van der Waals surface area contributed by atoms with Gasteiger partial charge in [0.25, 0.3) is 0 Å². The molecule has 0 aromatic heterocycles. The zero-order valence-electron chi connectivity index (χ0n) is 8.88. The molecule has 0 radical (unpaired) electrons. The molecule has 88 valence electrons. The van der Waals surface area contributed by atoms with Gasteiger partial charge in [-0.1, -0.05) is 37.3 Å². The van der Waals surface area contributed by atoms with E-state index in [-0.39, 0.29) is 17.4 Å². The third-order valence-corrected chi connectivity index (χ3v) is 3.96. The lowest BCUT2D eigenvalue weighted by molar-refractivity contribution is 0.575. The molecule has 0 spiro atoms. The van der Waals surface area contributed by atoms with Crippen molar-refractivity contribution in [3.05, 3.63) is 30.3 Å². The summed E-state index contributed by atoms with van der Waals surface area (Å²) in [6.45, 7) is 1.99. The van der Waals surface area contributed by atoms with Gasteiger partial charge in [0.1, 0.15) is 0 Å². The monoisotopic (exact) mass is 258 g/mol. The van der Waals surface area contributed by atoms with E-state index in [9.17, 15) is 8.42 Å². The van der Waals surface area contributed by atoms with Gasteiger partial charge in [0.15, 0.2) is 0 Å². The Morgan fingerprint density at radius 1 is 1.44 bits per heavy atom. The minimum atomic E-state index is -3.45. The van der Waals surface area contributed by atoms with E-state index in [0.29, 0.717) is 4.99 Å². The molecule has 0 amide bonds. The first-order valence-electron chi connectivity index (χ1n) is 4.77. The lowest BCUT2D eigenvalue weighted by atomic mass is 10.2. The van der Waals surface area contributed by atoms with Crippen LogP contribution in [0.5, 0.6) is 0 Å². The summed E-state index contributed by atoms with van der Waals surface area (Å²) in [4.78, 5) is 0.543. The zero-order valence-corrected chi connectivity index (χ0v) is 10.5. The average Bonchev–Trinajstić information content (AvgIpc) is 2.27. The highest BCUT2D eigenvalue weighted by molar-refractivity contribution is 7.89. The second-order valence-corrected chi connectivity index (χ2v) is 5.71. The summed E-state index contributed by atoms with van der Waals surface area (Å²) in [5, 5.41) is 0. The lowest BCUT2D eigenvalue weighted by Gasteiger charge is -2.11. The topological polar surface area (TPSA) is 72.2 Å². The van der Waals surface area contributed by atoms with Gasteiger partial charge in [-0.3, -0.25) is 0 Å². The number of thiocarbonyl (C=S) groups is 1. The van der Waals surface area contributed by atoms with Crippen LogP contribution in [-0.2, 0) is 10.0 Å². The Morgan fingerprint density at radius 3 is 2.50 bits per heavy atom. The molecule has 6 heteroatoms. The molecule has 1 aromatic rings. The highest BCUT2D eigenvalue weighted by Gasteiger charge is 2.15. The van der Waals surface area contributed by atoms with Crippen LogP contribution >= 0.6 is 12.2 Å². The number of hydrogen-bond acceptors (Lipinski definition) is 3. The van der Waals surface area contributed by atoms with Gasteiger partial charge >= 0.3 is 0 Å². The van der Waals surface area contributed by atoms with E-state index in [1.54, 1.807) is 25.1 Å². The van der Waals surface area contributed by atoms with E-state index in [1.165, 1.54) is 12.1 Å². The molecule has 3 N–H and O–H groups in total. The van der Waals surface area contributed by atoms with E-state index in [2.05, 4.69) is 4.72 Å². The standard InChI is InChI=1S/C10H14N2O2S2/c1-8(10(11)15)7-12-16(13,14)9-5-3-2-4-6-9/h2-6,8,12H,7H2,1H3,(H2,11,15). The van der Waals surface area contributed by atoms with Crippen molar-refractivity contribution in [2.75, 3.05) is 6.54 Å². The van der Waals surface area contributed by atoms with Crippen LogP contribution in [-0.4, -0.2) is 20.0 Å². The Hall–Kier alpha value is -0.980. The van der Waals surface area contributed by atoms with E-state index < -0.39 is 10.0 Å². The van der Waals surface area contributed by atoms with Crippen LogP contribution in [0.1, 0.15) is 6.92 Å². The minimum absolute atomic E-state index is 0.159. The molecular formula is C10H14N2O2S2. The van der Waals surface area contributed by atoms with Crippen LogP contribution in [0.2, 0.25) is 0 Å². The quantitative estimate of drug-likeness (QED) is 0.769. The normalized spacial score (nSPS) is 13.3. The molecule has 1 unspecified atom stereocenters. The number of rotatable bonds is 5. The zero-order chi connectivity index (χ0) is 12.2. The van der Waals surface area contributed by atoms with Gasteiger partial charge in [0.2, 0.25) is 10.0 Å². The maximum atomic E-state index is 11.8. The molecule has 16 heavy (non-hydrogen) atoms. The molecule has 0 saturated heterocycles. The molecule has 0 aliphatic carbocycles. The van der Waals surface area contributed by atoms with Crippen LogP contribution in [0, 0.1) is 5.92 Å². The second kappa shape index (κ2) is 5.38. The van der Waals surface area contributed by atoms with Gasteiger partial charge in [0, 0.05) is 12.5 Å². The highest BCUT2D eigenvalue weighted by Crippen LogP contribution is 2.07. The van der Waals surface area contributed by atoms with Gasteiger partial charge < -0.3 is 5.73 Å². The Labute approximate surface area is 101 Å². The van der Waals surface area contributed by atoms with Crippen molar-refractivity contribution >= 4 is 27.2 Å². The van der Waals surface area contributed by atoms with E-state index >= 15 is 0 Å². The fourth-order valence-electron chi connectivity index (χ4n) is 1.02. The third kappa shape index (κ3) is 3.55. The van der Waals surface area contributed by atoms with Crippen LogP contribution in [0.15, 0.2) is 35.2 Å². The van der Waals surface area contributed by atoms with Crippen molar-refractivity contribution < 1.29 is 8.42 Å². The van der Waals surface area contributed by atoms with Crippen molar-refractivity contribution in [2.24, 2.45) is 11.7 Å². The summed E-state index contributed by atoms with van der Waals surface area (Å²) in [5.41, 5.74) is 5.40. The van der Waals surface area contributed by atoms with Crippen LogP contribution in [0.4, 0.5) is 0 Å². The van der Waals surface area contributed by atoms with Crippen molar-refractivity contribution in [3.63, 3.8) is 0 Å². The smallest absolute Gasteiger partial charge is 0.240 e. The Kier molecular flexibility index (Phi) is 4.40. The summed E-state index contributed by atoms with van der Waals surface area (Å²) in [5.74, 6) is -0.159. The van der Waals surface area contributed by atoms with Crippen molar-refractivity contribution in [1.82, 2.24) is 4.72 Å². The molecule has 1 aromatic carbocycles. The summed E-state index contributed by atoms with van der Waals surface area (Å²) >= 11 is 4.77. The van der Waals surface area contributed by atoms with E-state index in [1.807, 2.05) is 0 Å². The predicted octanol–water partition coefficient (Wildman–Crippen LogP) is 0.887. The largest absolute Gasteiger partial charge is 0.393 e. The molecule has 1 atom stereocenters. The molecule has 0 bridgehead atoms. The number of hydrogen-bond donors (Lipinski definition) is 2. The molecule has 0 saturated carbocycles. The maximum Gasteiger partial charge on any atom is 0.240 e. The average molecular weight is 258 g/mol. The maximum absolute atomic E-state index is 11.8. The van der Waals surface area contributed by atoms with Gasteiger partial charge in [-0.05, 0) is 12.1 Å². The van der Waals surface area contributed by atoms with Crippen LogP contribution in [0.25, 0.3) is 0 Å². The fourth-order valence-corrected chi connectivity index (χ4v) is 2.25. The molecule has 4 nitrogen and oxygen atoms in total. The van der Waals surface area contributed by atoms with Crippen LogP contribution < -0.4 is 10.5 Å². The summed E-state index contributed by atoms with van der Waals surface area (Å²) in [7, 11) is -3.45. The summed E-state index contributed by atoms with van der Waals surface area (Å²) in [6, 6.07) is 8.18. The molecule has 0 aliphatic heterocycles. The first-order chi connectivity index (χ1) is 7.43. The molecule has 0 fully saturated rings.